The Labute approximate surface area is 154 Å². The van der Waals surface area contributed by atoms with E-state index in [4.69, 9.17) is 5.73 Å². The van der Waals surface area contributed by atoms with Gasteiger partial charge in [0.25, 0.3) is 5.69 Å². The van der Waals surface area contributed by atoms with Crippen molar-refractivity contribution in [1.82, 2.24) is 10.9 Å². The fourth-order valence-electron chi connectivity index (χ4n) is 3.66. The van der Waals surface area contributed by atoms with Gasteiger partial charge in [-0.25, -0.2) is 13.8 Å². The zero-order valence-electron chi connectivity index (χ0n) is 14.3. The number of hydrogen-bond acceptors (Lipinski definition) is 8. The maximum absolute atomic E-state index is 12.7. The van der Waals surface area contributed by atoms with E-state index in [9.17, 15) is 27.3 Å². The van der Waals surface area contributed by atoms with Gasteiger partial charge >= 0.3 is 5.76 Å². The topological polar surface area (TPSA) is 131 Å². The summed E-state index contributed by atoms with van der Waals surface area (Å²) in [5.74, 6) is -3.27. The summed E-state index contributed by atoms with van der Waals surface area (Å²) >= 11 is 0. The van der Waals surface area contributed by atoms with E-state index < -0.39 is 31.1 Å². The van der Waals surface area contributed by atoms with Gasteiger partial charge in [0, 0.05) is 25.2 Å². The van der Waals surface area contributed by atoms with Gasteiger partial charge in [-0.05, 0) is 37.3 Å². The summed E-state index contributed by atoms with van der Waals surface area (Å²) in [5, 5.41) is 11.4. The molecule has 0 spiro atoms. The molecule has 0 saturated carbocycles. The third kappa shape index (κ3) is 4.03. The quantitative estimate of drug-likeness (QED) is 0.488. The Hall–Kier alpha value is -1.89. The number of halogens is 2. The fourth-order valence-corrected chi connectivity index (χ4v) is 4.39. The van der Waals surface area contributed by atoms with E-state index in [1.54, 1.807) is 4.90 Å². The van der Waals surface area contributed by atoms with Gasteiger partial charge in [-0.15, -0.1) is 0 Å². The molecule has 0 aliphatic carbocycles. The first kappa shape index (κ1) is 19.9. The van der Waals surface area contributed by atoms with E-state index in [-0.39, 0.29) is 17.9 Å². The number of nitro groups is 1. The average Bonchev–Trinajstić information content (AvgIpc) is 3.07. The molecule has 3 rings (SSSR count). The van der Waals surface area contributed by atoms with E-state index in [0.29, 0.717) is 25.1 Å². The standard InChI is InChI=1S/C15H21F2N5O4S/c16-15(17)27(25,26)10-1-2-12(13(7-10)22(23)24)21-5-3-9(4-6-21)11-8-14(18)20-19-11/h1-2,7,9,11,14-15,19-20H,3-6,8,18H2. The predicted octanol–water partition coefficient (Wildman–Crippen LogP) is 0.959. The predicted molar refractivity (Wildman–Crippen MR) is 93.9 cm³/mol. The van der Waals surface area contributed by atoms with Gasteiger partial charge in [0.15, 0.2) is 0 Å². The second-order valence-electron chi connectivity index (χ2n) is 6.78. The van der Waals surface area contributed by atoms with Gasteiger partial charge in [-0.3, -0.25) is 15.5 Å². The lowest BCUT2D eigenvalue weighted by molar-refractivity contribution is -0.384. The SMILES string of the molecule is NC1CC(C2CCN(c3ccc(S(=O)(=O)C(F)F)cc3[N+](=O)[O-])CC2)NN1. The van der Waals surface area contributed by atoms with Gasteiger partial charge in [-0.1, -0.05) is 0 Å². The molecule has 0 bridgehead atoms. The van der Waals surface area contributed by atoms with Crippen molar-refractivity contribution in [3.8, 4) is 0 Å². The van der Waals surface area contributed by atoms with Crippen LogP contribution in [0.25, 0.3) is 0 Å². The van der Waals surface area contributed by atoms with Crippen LogP contribution in [0.5, 0.6) is 0 Å². The molecule has 12 heteroatoms. The van der Waals surface area contributed by atoms with Crippen LogP contribution in [0, 0.1) is 16.0 Å². The molecular weight excluding hydrogens is 384 g/mol. The molecule has 9 nitrogen and oxygen atoms in total. The van der Waals surface area contributed by atoms with Crippen LogP contribution in [0.15, 0.2) is 23.1 Å². The van der Waals surface area contributed by atoms with Crippen LogP contribution in [0.4, 0.5) is 20.2 Å². The van der Waals surface area contributed by atoms with Crippen LogP contribution in [0.2, 0.25) is 0 Å². The maximum atomic E-state index is 12.7. The summed E-state index contributed by atoms with van der Waals surface area (Å²) in [4.78, 5) is 11.7. The first-order valence-corrected chi connectivity index (χ1v) is 10.1. The highest BCUT2D eigenvalue weighted by Gasteiger charge is 2.34. The lowest BCUT2D eigenvalue weighted by Crippen LogP contribution is -2.43. The van der Waals surface area contributed by atoms with Crippen LogP contribution < -0.4 is 21.5 Å². The highest BCUT2D eigenvalue weighted by Crippen LogP contribution is 2.35. The first-order chi connectivity index (χ1) is 12.7. The smallest absolute Gasteiger partial charge is 0.341 e. The lowest BCUT2D eigenvalue weighted by atomic mass is 9.88. The molecule has 1 aromatic carbocycles. The van der Waals surface area contributed by atoms with E-state index in [2.05, 4.69) is 10.9 Å². The van der Waals surface area contributed by atoms with Gasteiger partial charge in [-0.2, -0.15) is 8.78 Å². The monoisotopic (exact) mass is 405 g/mol. The number of nitro benzene ring substituents is 1. The van der Waals surface area contributed by atoms with E-state index >= 15 is 0 Å². The van der Waals surface area contributed by atoms with Gasteiger partial charge in [0.05, 0.1) is 16.0 Å². The Bertz CT molecular complexity index is 814. The molecular formula is C15H21F2N5O4S. The van der Waals surface area contributed by atoms with Crippen molar-refractivity contribution in [3.63, 3.8) is 0 Å². The summed E-state index contributed by atoms with van der Waals surface area (Å²) in [6.07, 6.45) is 2.25. The normalized spacial score (nSPS) is 24.5. The van der Waals surface area contributed by atoms with Crippen molar-refractivity contribution < 1.29 is 22.1 Å². The first-order valence-electron chi connectivity index (χ1n) is 8.52. The number of nitrogens with zero attached hydrogens (tertiary/aromatic N) is 2. The number of nitrogens with two attached hydrogens (primary N) is 1. The number of benzene rings is 1. The third-order valence-corrected chi connectivity index (χ3v) is 6.50. The van der Waals surface area contributed by atoms with E-state index in [1.807, 2.05) is 0 Å². The zero-order valence-corrected chi connectivity index (χ0v) is 15.2. The third-order valence-electron chi connectivity index (χ3n) is 5.12. The average molecular weight is 405 g/mol. The van der Waals surface area contributed by atoms with Crippen LogP contribution in [-0.4, -0.2) is 44.4 Å². The Kier molecular flexibility index (Phi) is 5.60. The molecule has 2 atom stereocenters. The number of hydrogen-bond donors (Lipinski definition) is 3. The van der Waals surface area contributed by atoms with Gasteiger partial charge in [0.1, 0.15) is 5.69 Å². The van der Waals surface area contributed by atoms with Crippen LogP contribution in [-0.2, 0) is 9.84 Å². The number of alkyl halides is 2. The van der Waals surface area contributed by atoms with Crippen molar-refractivity contribution in [2.45, 2.75) is 42.1 Å². The molecule has 2 saturated heterocycles. The van der Waals surface area contributed by atoms with Crippen LogP contribution >= 0.6 is 0 Å². The molecule has 2 aliphatic heterocycles. The maximum Gasteiger partial charge on any atom is 0.341 e. The molecule has 0 aromatic heterocycles. The summed E-state index contributed by atoms with van der Waals surface area (Å²) in [6.45, 7) is 1.08. The van der Waals surface area contributed by atoms with Crippen molar-refractivity contribution in [2.75, 3.05) is 18.0 Å². The molecule has 4 N–H and O–H groups in total. The minimum atomic E-state index is -4.89. The van der Waals surface area contributed by atoms with Crippen molar-refractivity contribution >= 4 is 21.2 Å². The number of anilines is 1. The van der Waals surface area contributed by atoms with Gasteiger partial charge < -0.3 is 10.6 Å². The Morgan fingerprint density at radius 2 is 1.93 bits per heavy atom. The number of hydrazine groups is 1. The highest BCUT2D eigenvalue weighted by atomic mass is 32.2. The molecule has 2 unspecified atom stereocenters. The summed E-state index contributed by atoms with van der Waals surface area (Å²) in [7, 11) is -4.89. The zero-order chi connectivity index (χ0) is 19.8. The number of rotatable bonds is 5. The highest BCUT2D eigenvalue weighted by molar-refractivity contribution is 7.91. The summed E-state index contributed by atoms with van der Waals surface area (Å²) in [5.41, 5.74) is 11.7. The van der Waals surface area contributed by atoms with Crippen molar-refractivity contribution in [1.29, 1.82) is 0 Å². The van der Waals surface area contributed by atoms with Crippen LogP contribution in [0.1, 0.15) is 19.3 Å². The molecule has 2 aliphatic rings. The van der Waals surface area contributed by atoms with Crippen LogP contribution in [0.3, 0.4) is 0 Å². The van der Waals surface area contributed by atoms with Crippen molar-refractivity contribution in [3.05, 3.63) is 28.3 Å². The van der Waals surface area contributed by atoms with E-state index in [1.165, 1.54) is 6.07 Å². The second kappa shape index (κ2) is 7.62. The van der Waals surface area contributed by atoms with Crippen molar-refractivity contribution in [2.24, 2.45) is 11.7 Å². The minimum absolute atomic E-state index is 0.0987. The molecule has 1 aromatic rings. The fraction of sp³-hybridized carbons (Fsp3) is 0.600. The Balaban J connectivity index is 1.78. The molecule has 0 amide bonds. The Morgan fingerprint density at radius 1 is 1.26 bits per heavy atom. The molecule has 150 valence electrons. The number of nitrogens with one attached hydrogen (secondary N) is 2. The molecule has 0 radical (unpaired) electrons. The second-order valence-corrected chi connectivity index (χ2v) is 8.69. The molecule has 27 heavy (non-hydrogen) atoms. The molecule has 2 fully saturated rings. The number of piperidine rings is 1. The number of sulfone groups is 1. The largest absolute Gasteiger partial charge is 0.366 e. The molecule has 2 heterocycles. The van der Waals surface area contributed by atoms with Gasteiger partial charge in [0.2, 0.25) is 9.84 Å². The van der Waals surface area contributed by atoms with E-state index in [0.717, 1.165) is 25.3 Å². The Morgan fingerprint density at radius 3 is 2.44 bits per heavy atom. The summed E-state index contributed by atoms with van der Waals surface area (Å²) < 4.78 is 48.6. The lowest BCUT2D eigenvalue weighted by Gasteiger charge is -2.35. The minimum Gasteiger partial charge on any atom is -0.366 e. The summed E-state index contributed by atoms with van der Waals surface area (Å²) in [6, 6.07) is 3.18.